The predicted molar refractivity (Wildman–Crippen MR) is 128 cm³/mol. The molecule has 4 aromatic rings. The summed E-state index contributed by atoms with van der Waals surface area (Å²) in [7, 11) is 0. The Balaban J connectivity index is 1.46. The Bertz CT molecular complexity index is 1460. The van der Waals surface area contributed by atoms with E-state index in [4.69, 9.17) is 0 Å². The molecule has 8 nitrogen and oxygen atoms in total. The van der Waals surface area contributed by atoms with Crippen LogP contribution in [0.1, 0.15) is 49.7 Å². The molecule has 34 heavy (non-hydrogen) atoms. The highest BCUT2D eigenvalue weighted by Gasteiger charge is 2.31. The van der Waals surface area contributed by atoms with Gasteiger partial charge in [0.15, 0.2) is 17.3 Å². The zero-order chi connectivity index (χ0) is 23.4. The van der Waals surface area contributed by atoms with Gasteiger partial charge in [-0.25, -0.2) is 28.7 Å². The number of aromatic nitrogens is 5. The van der Waals surface area contributed by atoms with Gasteiger partial charge in [0.1, 0.15) is 5.82 Å². The molecule has 4 heterocycles. The van der Waals surface area contributed by atoms with Crippen LogP contribution in [0.15, 0.2) is 47.5 Å². The summed E-state index contributed by atoms with van der Waals surface area (Å²) in [5, 5.41) is 7.28. The van der Waals surface area contributed by atoms with Gasteiger partial charge in [-0.2, -0.15) is 0 Å². The topological polar surface area (TPSA) is 89.7 Å². The van der Waals surface area contributed by atoms with Crippen molar-refractivity contribution in [2.75, 3.05) is 11.9 Å². The van der Waals surface area contributed by atoms with Gasteiger partial charge in [0, 0.05) is 36.8 Å². The Hall–Kier alpha value is -3.59. The summed E-state index contributed by atoms with van der Waals surface area (Å²) in [6, 6.07) is 9.99. The number of nitrogens with one attached hydrogen (secondary N) is 2. The van der Waals surface area contributed by atoms with Gasteiger partial charge in [0.25, 0.3) is 5.56 Å². The first-order valence-electron chi connectivity index (χ1n) is 11.6. The largest absolute Gasteiger partial charge is 0.340 e. The lowest BCUT2D eigenvalue weighted by Crippen LogP contribution is -2.23. The van der Waals surface area contributed by atoms with Gasteiger partial charge in [0.2, 0.25) is 0 Å². The maximum Gasteiger partial charge on any atom is 0.276 e. The molecular formula is C25H26FN7O. The summed E-state index contributed by atoms with van der Waals surface area (Å²) >= 11 is 0. The number of fused-ring (bicyclic) bond motifs is 2. The lowest BCUT2D eigenvalue weighted by Gasteiger charge is -2.18. The Kier molecular flexibility index (Phi) is 4.77. The molecule has 1 fully saturated rings. The number of nitrogens with zero attached hydrogens (tertiary/aromatic N) is 5. The molecule has 1 aliphatic carbocycles. The van der Waals surface area contributed by atoms with E-state index < -0.39 is 5.67 Å². The van der Waals surface area contributed by atoms with Crippen molar-refractivity contribution in [2.24, 2.45) is 0 Å². The highest BCUT2D eigenvalue weighted by Crippen LogP contribution is 2.36. The van der Waals surface area contributed by atoms with Crippen LogP contribution in [0.4, 0.5) is 15.9 Å². The molecule has 1 saturated carbocycles. The zero-order valence-electron chi connectivity index (χ0n) is 19.2. The van der Waals surface area contributed by atoms with E-state index in [0.717, 1.165) is 38.0 Å². The van der Waals surface area contributed by atoms with Crippen LogP contribution in [0.25, 0.3) is 16.7 Å². The van der Waals surface area contributed by atoms with Crippen molar-refractivity contribution in [3.63, 3.8) is 0 Å². The first-order chi connectivity index (χ1) is 16.4. The van der Waals surface area contributed by atoms with Gasteiger partial charge < -0.3 is 10.6 Å². The lowest BCUT2D eigenvalue weighted by atomic mass is 10.0. The SMILES string of the molecule is CC(C)(F)c1nccc(-n2c3cc(Nc4ccc5c(c4)CCNC5)ncc3c(=O)n2C2CC2)n1. The van der Waals surface area contributed by atoms with Crippen molar-refractivity contribution in [1.29, 1.82) is 0 Å². The minimum Gasteiger partial charge on any atom is -0.340 e. The van der Waals surface area contributed by atoms with Crippen molar-refractivity contribution in [3.8, 4) is 5.82 Å². The van der Waals surface area contributed by atoms with E-state index in [1.807, 2.05) is 12.1 Å². The van der Waals surface area contributed by atoms with Crippen LogP contribution >= 0.6 is 0 Å². The maximum atomic E-state index is 14.6. The number of hydrogen-bond acceptors (Lipinski definition) is 6. The standard InChI is InChI=1S/C25H26FN7O/c1-25(2,26)24-28-10-8-22(31-24)33-20-12-21(29-14-19(20)23(34)32(33)18-5-6-18)30-17-4-3-16-13-27-9-7-15(16)11-17/h3-4,8,10-12,14,18,27H,5-7,9,13H2,1-2H3,(H,29,30). The molecule has 0 bridgehead atoms. The molecule has 3 aromatic heterocycles. The van der Waals surface area contributed by atoms with Crippen molar-refractivity contribution < 1.29 is 4.39 Å². The summed E-state index contributed by atoms with van der Waals surface area (Å²) in [6.07, 6.45) is 5.98. The van der Waals surface area contributed by atoms with Crippen molar-refractivity contribution in [2.45, 2.75) is 51.4 Å². The zero-order valence-corrected chi connectivity index (χ0v) is 19.2. The summed E-state index contributed by atoms with van der Waals surface area (Å²) < 4.78 is 18.1. The average molecular weight is 460 g/mol. The fourth-order valence-corrected chi connectivity index (χ4v) is 4.52. The number of alkyl halides is 1. The second-order valence-electron chi connectivity index (χ2n) is 9.53. The normalized spacial score (nSPS) is 16.0. The van der Waals surface area contributed by atoms with Gasteiger partial charge >= 0.3 is 0 Å². The highest BCUT2D eigenvalue weighted by atomic mass is 19.1. The number of pyridine rings is 1. The van der Waals surface area contributed by atoms with E-state index in [1.165, 1.54) is 31.2 Å². The van der Waals surface area contributed by atoms with Crippen LogP contribution in [0.3, 0.4) is 0 Å². The van der Waals surface area contributed by atoms with Crippen LogP contribution in [-0.4, -0.2) is 30.9 Å². The van der Waals surface area contributed by atoms with Gasteiger partial charge in [-0.3, -0.25) is 4.79 Å². The molecule has 1 aromatic carbocycles. The summed E-state index contributed by atoms with van der Waals surface area (Å²) in [5.41, 5.74) is 2.46. The molecule has 0 unspecified atom stereocenters. The van der Waals surface area contributed by atoms with E-state index in [2.05, 4.69) is 37.7 Å². The quantitative estimate of drug-likeness (QED) is 0.470. The maximum absolute atomic E-state index is 14.6. The third-order valence-electron chi connectivity index (χ3n) is 6.41. The van der Waals surface area contributed by atoms with Crippen molar-refractivity contribution in [1.82, 2.24) is 29.6 Å². The summed E-state index contributed by atoms with van der Waals surface area (Å²) in [4.78, 5) is 26.4. The first kappa shape index (κ1) is 21.0. The van der Waals surface area contributed by atoms with Gasteiger partial charge in [0.05, 0.1) is 16.9 Å². The molecule has 0 atom stereocenters. The third kappa shape index (κ3) is 3.66. The van der Waals surface area contributed by atoms with Crippen LogP contribution in [0, 0.1) is 0 Å². The fraction of sp³-hybridized carbons (Fsp3) is 0.360. The van der Waals surface area contributed by atoms with Gasteiger partial charge in [-0.1, -0.05) is 6.07 Å². The van der Waals surface area contributed by atoms with Crippen molar-refractivity contribution >= 4 is 22.4 Å². The molecule has 0 radical (unpaired) electrons. The molecule has 9 heteroatoms. The molecular weight excluding hydrogens is 433 g/mol. The Morgan fingerprint density at radius 3 is 2.79 bits per heavy atom. The van der Waals surface area contributed by atoms with Crippen LogP contribution < -0.4 is 16.2 Å². The van der Waals surface area contributed by atoms with Crippen LogP contribution in [0.5, 0.6) is 0 Å². The van der Waals surface area contributed by atoms with E-state index in [9.17, 15) is 9.18 Å². The van der Waals surface area contributed by atoms with Crippen molar-refractivity contribution in [3.05, 3.63) is 70.0 Å². The molecule has 6 rings (SSSR count). The van der Waals surface area contributed by atoms with E-state index in [1.54, 1.807) is 21.6 Å². The Labute approximate surface area is 195 Å². The number of halogens is 1. The van der Waals surface area contributed by atoms with Gasteiger partial charge in [-0.05, 0) is 62.9 Å². The Morgan fingerprint density at radius 1 is 1.15 bits per heavy atom. The molecule has 1 aliphatic heterocycles. The molecule has 2 aliphatic rings. The number of benzene rings is 1. The lowest BCUT2D eigenvalue weighted by molar-refractivity contribution is 0.206. The fourth-order valence-electron chi connectivity index (χ4n) is 4.52. The van der Waals surface area contributed by atoms with E-state index in [-0.39, 0.29) is 17.4 Å². The third-order valence-corrected chi connectivity index (χ3v) is 6.41. The molecule has 174 valence electrons. The second-order valence-corrected chi connectivity index (χ2v) is 9.53. The molecule has 0 amide bonds. The van der Waals surface area contributed by atoms with E-state index >= 15 is 0 Å². The second kappa shape index (κ2) is 7.73. The number of rotatable bonds is 5. The minimum atomic E-state index is -1.69. The van der Waals surface area contributed by atoms with Crippen LogP contribution in [0.2, 0.25) is 0 Å². The average Bonchev–Trinajstić information content (AvgIpc) is 3.62. The van der Waals surface area contributed by atoms with Crippen LogP contribution in [-0.2, 0) is 18.6 Å². The molecule has 2 N–H and O–H groups in total. The Morgan fingerprint density at radius 2 is 2.00 bits per heavy atom. The summed E-state index contributed by atoms with van der Waals surface area (Å²) in [5.74, 6) is 1.17. The number of anilines is 2. The summed E-state index contributed by atoms with van der Waals surface area (Å²) in [6.45, 7) is 4.71. The highest BCUT2D eigenvalue weighted by molar-refractivity contribution is 5.82. The monoisotopic (exact) mass is 459 g/mol. The molecule has 0 spiro atoms. The first-order valence-corrected chi connectivity index (χ1v) is 11.6. The van der Waals surface area contributed by atoms with E-state index in [0.29, 0.717) is 22.5 Å². The smallest absolute Gasteiger partial charge is 0.276 e. The predicted octanol–water partition coefficient (Wildman–Crippen LogP) is 3.91. The molecule has 0 saturated heterocycles. The van der Waals surface area contributed by atoms with Gasteiger partial charge in [-0.15, -0.1) is 0 Å². The minimum absolute atomic E-state index is 0.0811. The number of hydrogen-bond donors (Lipinski definition) is 2.